The SMILES string of the molecule is COc1ccccc1Oc1ccc(NC(=O)NCc2cccc(C(=O)N3CCCC3)c2)cc1. The Morgan fingerprint density at radius 3 is 2.36 bits per heavy atom. The quantitative estimate of drug-likeness (QED) is 0.534. The normalized spacial score (nSPS) is 12.8. The first kappa shape index (κ1) is 22.2. The minimum atomic E-state index is -0.329. The minimum absolute atomic E-state index is 0.0502. The van der Waals surface area contributed by atoms with E-state index in [1.807, 2.05) is 53.4 Å². The number of benzene rings is 3. The lowest BCUT2D eigenvalue weighted by Crippen LogP contribution is -2.29. The summed E-state index contributed by atoms with van der Waals surface area (Å²) >= 11 is 0. The molecule has 0 spiro atoms. The number of carbonyl (C=O) groups excluding carboxylic acids is 2. The van der Waals surface area contributed by atoms with Crippen LogP contribution in [0.4, 0.5) is 10.5 Å². The largest absolute Gasteiger partial charge is 0.493 e. The van der Waals surface area contributed by atoms with Crippen LogP contribution in [0.15, 0.2) is 72.8 Å². The summed E-state index contributed by atoms with van der Waals surface area (Å²) in [4.78, 5) is 26.8. The standard InChI is InChI=1S/C26H27N3O4/c1-32-23-9-2-3-10-24(23)33-22-13-11-21(12-14-22)28-26(31)27-18-19-7-6-8-20(17-19)25(30)29-15-4-5-16-29/h2-3,6-14,17H,4-5,15-16,18H2,1H3,(H2,27,28,31). The molecule has 3 aromatic carbocycles. The molecule has 0 radical (unpaired) electrons. The molecule has 2 N–H and O–H groups in total. The molecule has 1 aliphatic heterocycles. The highest BCUT2D eigenvalue weighted by Crippen LogP contribution is 2.31. The molecule has 7 heteroatoms. The maximum absolute atomic E-state index is 12.6. The molecule has 1 aliphatic rings. The Morgan fingerprint density at radius 2 is 1.64 bits per heavy atom. The number of nitrogens with one attached hydrogen (secondary N) is 2. The number of methoxy groups -OCH3 is 1. The molecule has 0 saturated carbocycles. The van der Waals surface area contributed by atoms with Crippen LogP contribution in [0, 0.1) is 0 Å². The monoisotopic (exact) mass is 445 g/mol. The number of hydrogen-bond donors (Lipinski definition) is 2. The lowest BCUT2D eigenvalue weighted by Gasteiger charge is -2.16. The van der Waals surface area contributed by atoms with Gasteiger partial charge >= 0.3 is 6.03 Å². The van der Waals surface area contributed by atoms with Gasteiger partial charge in [0, 0.05) is 30.9 Å². The number of urea groups is 1. The van der Waals surface area contributed by atoms with Gasteiger partial charge in [-0.2, -0.15) is 0 Å². The average Bonchev–Trinajstić information content (AvgIpc) is 3.39. The van der Waals surface area contributed by atoms with E-state index in [9.17, 15) is 9.59 Å². The second-order valence-corrected chi connectivity index (χ2v) is 7.78. The van der Waals surface area contributed by atoms with Gasteiger partial charge in [-0.1, -0.05) is 24.3 Å². The smallest absolute Gasteiger partial charge is 0.319 e. The Kier molecular flexibility index (Phi) is 7.09. The van der Waals surface area contributed by atoms with Gasteiger partial charge in [-0.3, -0.25) is 4.79 Å². The van der Waals surface area contributed by atoms with E-state index < -0.39 is 0 Å². The summed E-state index contributed by atoms with van der Waals surface area (Å²) < 4.78 is 11.1. The summed E-state index contributed by atoms with van der Waals surface area (Å²) in [6.45, 7) is 1.95. The van der Waals surface area contributed by atoms with E-state index in [4.69, 9.17) is 9.47 Å². The molecule has 170 valence electrons. The van der Waals surface area contributed by atoms with Gasteiger partial charge in [0.05, 0.1) is 7.11 Å². The molecule has 1 saturated heterocycles. The van der Waals surface area contributed by atoms with Crippen molar-refractivity contribution in [1.29, 1.82) is 0 Å². The van der Waals surface area contributed by atoms with Gasteiger partial charge in [-0.25, -0.2) is 4.79 Å². The number of likely N-dealkylation sites (tertiary alicyclic amines) is 1. The van der Waals surface area contributed by atoms with Crippen molar-refractivity contribution >= 4 is 17.6 Å². The summed E-state index contributed by atoms with van der Waals surface area (Å²) in [6, 6.07) is 21.5. The molecule has 3 amide bonds. The van der Waals surface area contributed by atoms with Crippen LogP contribution >= 0.6 is 0 Å². The van der Waals surface area contributed by atoms with Gasteiger partial charge in [0.25, 0.3) is 5.91 Å². The van der Waals surface area contributed by atoms with Crippen LogP contribution in [0.3, 0.4) is 0 Å². The molecule has 0 aliphatic carbocycles. The van der Waals surface area contributed by atoms with Gasteiger partial charge in [0.2, 0.25) is 0 Å². The molecule has 7 nitrogen and oxygen atoms in total. The number of rotatable bonds is 7. The van der Waals surface area contributed by atoms with E-state index in [0.717, 1.165) is 31.5 Å². The van der Waals surface area contributed by atoms with Crippen molar-refractivity contribution < 1.29 is 19.1 Å². The van der Waals surface area contributed by atoms with Crippen molar-refractivity contribution in [3.8, 4) is 17.2 Å². The topological polar surface area (TPSA) is 79.9 Å². The molecule has 1 fully saturated rings. The third-order valence-corrected chi connectivity index (χ3v) is 5.43. The highest BCUT2D eigenvalue weighted by molar-refractivity contribution is 5.94. The molecule has 3 aromatic rings. The first-order valence-corrected chi connectivity index (χ1v) is 11.0. The Hall–Kier alpha value is -4.00. The summed E-state index contributed by atoms with van der Waals surface area (Å²) in [5, 5.41) is 5.63. The molecule has 1 heterocycles. The number of nitrogens with zero attached hydrogens (tertiary/aromatic N) is 1. The van der Waals surface area contributed by atoms with E-state index in [2.05, 4.69) is 10.6 Å². The van der Waals surface area contributed by atoms with Crippen LogP contribution in [0.1, 0.15) is 28.8 Å². The Morgan fingerprint density at radius 1 is 0.909 bits per heavy atom. The van der Waals surface area contributed by atoms with Crippen LogP contribution in [-0.2, 0) is 6.54 Å². The predicted molar refractivity (Wildman–Crippen MR) is 127 cm³/mol. The first-order chi connectivity index (χ1) is 16.1. The van der Waals surface area contributed by atoms with Crippen LogP contribution in [0.2, 0.25) is 0 Å². The summed E-state index contributed by atoms with van der Waals surface area (Å²) in [6.07, 6.45) is 2.11. The molecular weight excluding hydrogens is 418 g/mol. The number of carbonyl (C=O) groups is 2. The third kappa shape index (κ3) is 5.83. The van der Waals surface area contributed by atoms with E-state index in [0.29, 0.717) is 35.0 Å². The predicted octanol–water partition coefficient (Wildman–Crippen LogP) is 5.05. The zero-order valence-corrected chi connectivity index (χ0v) is 18.5. The highest BCUT2D eigenvalue weighted by atomic mass is 16.5. The van der Waals surface area contributed by atoms with Crippen molar-refractivity contribution in [3.63, 3.8) is 0 Å². The number of hydrogen-bond acceptors (Lipinski definition) is 4. The summed E-state index contributed by atoms with van der Waals surface area (Å²) in [5.41, 5.74) is 2.16. The second kappa shape index (κ2) is 10.5. The number of para-hydroxylation sites is 2. The van der Waals surface area contributed by atoms with E-state index >= 15 is 0 Å². The van der Waals surface area contributed by atoms with Gasteiger partial charge in [-0.05, 0) is 66.9 Å². The van der Waals surface area contributed by atoms with Gasteiger partial charge in [-0.15, -0.1) is 0 Å². The highest BCUT2D eigenvalue weighted by Gasteiger charge is 2.19. The zero-order chi connectivity index (χ0) is 23.0. The summed E-state index contributed by atoms with van der Waals surface area (Å²) in [7, 11) is 1.59. The van der Waals surface area contributed by atoms with Crippen LogP contribution in [0.5, 0.6) is 17.2 Å². The fourth-order valence-electron chi connectivity index (χ4n) is 3.71. The van der Waals surface area contributed by atoms with E-state index in [1.54, 1.807) is 31.4 Å². The molecule has 0 atom stereocenters. The number of anilines is 1. The maximum Gasteiger partial charge on any atom is 0.319 e. The van der Waals surface area contributed by atoms with Gasteiger partial charge in [0.15, 0.2) is 11.5 Å². The lowest BCUT2D eigenvalue weighted by atomic mass is 10.1. The Labute approximate surface area is 193 Å². The van der Waals surface area contributed by atoms with E-state index in [1.165, 1.54) is 0 Å². The lowest BCUT2D eigenvalue weighted by molar-refractivity contribution is 0.0792. The van der Waals surface area contributed by atoms with Crippen molar-refractivity contribution in [2.45, 2.75) is 19.4 Å². The van der Waals surface area contributed by atoms with Gasteiger partial charge < -0.3 is 25.0 Å². The van der Waals surface area contributed by atoms with Crippen molar-refractivity contribution in [2.75, 3.05) is 25.5 Å². The fourth-order valence-corrected chi connectivity index (χ4v) is 3.71. The second-order valence-electron chi connectivity index (χ2n) is 7.78. The van der Waals surface area contributed by atoms with Crippen LogP contribution in [0.25, 0.3) is 0 Å². The molecule has 0 aromatic heterocycles. The molecule has 0 bridgehead atoms. The zero-order valence-electron chi connectivity index (χ0n) is 18.5. The third-order valence-electron chi connectivity index (χ3n) is 5.43. The average molecular weight is 446 g/mol. The van der Waals surface area contributed by atoms with Crippen LogP contribution in [-0.4, -0.2) is 37.0 Å². The van der Waals surface area contributed by atoms with Crippen molar-refractivity contribution in [3.05, 3.63) is 83.9 Å². The molecular formula is C26H27N3O4. The van der Waals surface area contributed by atoms with Crippen molar-refractivity contribution in [1.82, 2.24) is 10.2 Å². The number of amides is 3. The summed E-state index contributed by atoms with van der Waals surface area (Å²) in [5.74, 6) is 1.94. The Bertz CT molecular complexity index is 1110. The van der Waals surface area contributed by atoms with Crippen molar-refractivity contribution in [2.24, 2.45) is 0 Å². The first-order valence-electron chi connectivity index (χ1n) is 11.0. The fraction of sp³-hybridized carbons (Fsp3) is 0.231. The van der Waals surface area contributed by atoms with Gasteiger partial charge in [0.1, 0.15) is 5.75 Å². The van der Waals surface area contributed by atoms with Crippen LogP contribution < -0.4 is 20.1 Å². The van der Waals surface area contributed by atoms with E-state index in [-0.39, 0.29) is 11.9 Å². The Balaban J connectivity index is 1.29. The minimum Gasteiger partial charge on any atom is -0.493 e. The number of ether oxygens (including phenoxy) is 2. The maximum atomic E-state index is 12.6. The molecule has 0 unspecified atom stereocenters. The molecule has 4 rings (SSSR count). The molecule has 33 heavy (non-hydrogen) atoms.